The van der Waals surface area contributed by atoms with Crippen LogP contribution in [-0.4, -0.2) is 35.9 Å². The molecular weight excluding hydrogens is 234 g/mol. The summed E-state index contributed by atoms with van der Waals surface area (Å²) in [5, 5.41) is 11.8. The minimum atomic E-state index is -0.689. The van der Waals surface area contributed by atoms with Crippen molar-refractivity contribution in [1.29, 1.82) is 0 Å². The van der Waals surface area contributed by atoms with E-state index in [1.165, 1.54) is 0 Å². The number of aliphatic hydroxyl groups is 1. The lowest BCUT2D eigenvalue weighted by Crippen LogP contribution is -2.53. The smallest absolute Gasteiger partial charge is 0.265 e. The van der Waals surface area contributed by atoms with Crippen molar-refractivity contribution in [2.45, 2.75) is 25.5 Å². The molecule has 1 atom stereocenters. The molecule has 98 valence electrons. The Balaban J connectivity index is 2.03. The van der Waals surface area contributed by atoms with Crippen LogP contribution in [0.4, 0.5) is 0 Å². The molecule has 0 bridgehead atoms. The second-order valence-electron chi connectivity index (χ2n) is 4.90. The third kappa shape index (κ3) is 2.73. The van der Waals surface area contributed by atoms with Crippen molar-refractivity contribution >= 4 is 5.91 Å². The Hall–Kier alpha value is -1.75. The molecule has 5 heteroatoms. The van der Waals surface area contributed by atoms with Gasteiger partial charge >= 0.3 is 0 Å². The third-order valence-corrected chi connectivity index (χ3v) is 2.66. The first-order valence-corrected chi connectivity index (χ1v) is 5.83. The maximum Gasteiger partial charge on any atom is 0.265 e. The Morgan fingerprint density at radius 1 is 1.44 bits per heavy atom. The summed E-state index contributed by atoms with van der Waals surface area (Å²) in [5.74, 6) is 0.914. The van der Waals surface area contributed by atoms with Gasteiger partial charge in [-0.25, -0.2) is 0 Å². The largest absolute Gasteiger partial charge is 0.485 e. The van der Waals surface area contributed by atoms with Crippen LogP contribution >= 0.6 is 0 Å². The van der Waals surface area contributed by atoms with E-state index < -0.39 is 11.6 Å². The van der Waals surface area contributed by atoms with Crippen molar-refractivity contribution in [2.24, 2.45) is 0 Å². The van der Waals surface area contributed by atoms with Gasteiger partial charge in [-0.3, -0.25) is 4.79 Å². The van der Waals surface area contributed by atoms with Gasteiger partial charge in [-0.05, 0) is 26.0 Å². The van der Waals surface area contributed by atoms with Gasteiger partial charge in [0.25, 0.3) is 5.91 Å². The highest BCUT2D eigenvalue weighted by Gasteiger charge is 2.30. The molecule has 1 amide bonds. The molecule has 1 aromatic rings. The van der Waals surface area contributed by atoms with Crippen LogP contribution < -0.4 is 14.8 Å². The topological polar surface area (TPSA) is 67.8 Å². The molecule has 0 aromatic heterocycles. The molecule has 0 aliphatic carbocycles. The lowest BCUT2D eigenvalue weighted by Gasteiger charge is -2.29. The van der Waals surface area contributed by atoms with E-state index in [0.29, 0.717) is 11.5 Å². The summed E-state index contributed by atoms with van der Waals surface area (Å²) in [7, 11) is 0. The fourth-order valence-electron chi connectivity index (χ4n) is 1.60. The van der Waals surface area contributed by atoms with Crippen molar-refractivity contribution in [3.8, 4) is 11.5 Å². The molecule has 0 spiro atoms. The molecule has 2 rings (SSSR count). The Morgan fingerprint density at radius 3 is 2.78 bits per heavy atom. The third-order valence-electron chi connectivity index (χ3n) is 2.66. The van der Waals surface area contributed by atoms with Crippen molar-refractivity contribution in [1.82, 2.24) is 5.32 Å². The predicted octanol–water partition coefficient (Wildman–Crippen LogP) is 0.713. The van der Waals surface area contributed by atoms with Gasteiger partial charge in [0, 0.05) is 0 Å². The van der Waals surface area contributed by atoms with E-state index in [4.69, 9.17) is 14.6 Å². The molecule has 1 aromatic carbocycles. The monoisotopic (exact) mass is 251 g/mol. The number of aliphatic hydroxyl groups excluding tert-OH is 1. The van der Waals surface area contributed by atoms with E-state index in [1.807, 2.05) is 12.1 Å². The van der Waals surface area contributed by atoms with Gasteiger partial charge in [0.05, 0.1) is 12.1 Å². The van der Waals surface area contributed by atoms with E-state index in [1.54, 1.807) is 26.0 Å². The molecule has 1 aliphatic rings. The number of ether oxygens (including phenoxy) is 2. The van der Waals surface area contributed by atoms with Crippen LogP contribution in [0.5, 0.6) is 11.5 Å². The Kier molecular flexibility index (Phi) is 3.43. The molecule has 0 radical (unpaired) electrons. The maximum absolute atomic E-state index is 12.0. The summed E-state index contributed by atoms with van der Waals surface area (Å²) in [4.78, 5) is 12.0. The molecule has 1 aliphatic heterocycles. The number of nitrogens with one attached hydrogen (secondary N) is 1. The summed E-state index contributed by atoms with van der Waals surface area (Å²) in [6.45, 7) is 3.51. The number of para-hydroxylation sites is 2. The van der Waals surface area contributed by atoms with Gasteiger partial charge in [0.15, 0.2) is 11.5 Å². The summed E-state index contributed by atoms with van der Waals surface area (Å²) in [5.41, 5.74) is -0.669. The first-order chi connectivity index (χ1) is 8.52. The van der Waals surface area contributed by atoms with E-state index in [0.717, 1.165) is 0 Å². The van der Waals surface area contributed by atoms with Crippen LogP contribution in [0, 0.1) is 0 Å². The number of carbonyl (C=O) groups is 1. The summed E-state index contributed by atoms with van der Waals surface area (Å²) < 4.78 is 11.0. The number of fused-ring (bicyclic) bond motifs is 1. The number of hydrogen-bond acceptors (Lipinski definition) is 4. The molecule has 1 unspecified atom stereocenters. The number of amides is 1. The Labute approximate surface area is 106 Å². The Bertz CT molecular complexity index is 444. The zero-order valence-electron chi connectivity index (χ0n) is 10.5. The molecule has 5 nitrogen and oxygen atoms in total. The van der Waals surface area contributed by atoms with E-state index >= 15 is 0 Å². The number of rotatable bonds is 3. The van der Waals surface area contributed by atoms with Crippen molar-refractivity contribution in [2.75, 3.05) is 13.2 Å². The molecule has 18 heavy (non-hydrogen) atoms. The van der Waals surface area contributed by atoms with E-state index in [-0.39, 0.29) is 19.1 Å². The second kappa shape index (κ2) is 4.86. The van der Waals surface area contributed by atoms with Gasteiger partial charge in [0.1, 0.15) is 6.61 Å². The lowest BCUT2D eigenvalue weighted by molar-refractivity contribution is -0.132. The number of carbonyl (C=O) groups excluding carboxylic acids is 1. The first-order valence-electron chi connectivity index (χ1n) is 5.83. The van der Waals surface area contributed by atoms with Gasteiger partial charge < -0.3 is 19.9 Å². The Morgan fingerprint density at radius 2 is 2.11 bits per heavy atom. The van der Waals surface area contributed by atoms with Crippen molar-refractivity contribution in [3.63, 3.8) is 0 Å². The van der Waals surface area contributed by atoms with Crippen LogP contribution in [0.25, 0.3) is 0 Å². The van der Waals surface area contributed by atoms with Gasteiger partial charge in [-0.2, -0.15) is 0 Å². The SMILES string of the molecule is CC(C)(CO)NC(=O)C1COc2ccccc2O1. The van der Waals surface area contributed by atoms with Gasteiger partial charge in [-0.1, -0.05) is 12.1 Å². The zero-order valence-corrected chi connectivity index (χ0v) is 10.5. The highest BCUT2D eigenvalue weighted by Crippen LogP contribution is 2.30. The molecular formula is C13H17NO4. The first kappa shape index (κ1) is 12.7. The average Bonchev–Trinajstić information content (AvgIpc) is 2.37. The molecule has 0 fully saturated rings. The lowest BCUT2D eigenvalue weighted by atomic mass is 10.1. The molecule has 0 saturated heterocycles. The zero-order chi connectivity index (χ0) is 13.2. The molecule has 1 heterocycles. The van der Waals surface area contributed by atoms with E-state index in [2.05, 4.69) is 5.32 Å². The maximum atomic E-state index is 12.0. The van der Waals surface area contributed by atoms with Crippen LogP contribution in [0.3, 0.4) is 0 Å². The predicted molar refractivity (Wildman–Crippen MR) is 65.7 cm³/mol. The van der Waals surface area contributed by atoms with Gasteiger partial charge in [0.2, 0.25) is 6.10 Å². The minimum Gasteiger partial charge on any atom is -0.485 e. The normalized spacial score (nSPS) is 18.3. The fourth-order valence-corrected chi connectivity index (χ4v) is 1.60. The quantitative estimate of drug-likeness (QED) is 0.830. The summed E-state index contributed by atoms with van der Waals surface area (Å²) in [6.07, 6.45) is -0.689. The summed E-state index contributed by atoms with van der Waals surface area (Å²) >= 11 is 0. The van der Waals surface area contributed by atoms with Crippen LogP contribution in [-0.2, 0) is 4.79 Å². The van der Waals surface area contributed by atoms with Crippen molar-refractivity contribution < 1.29 is 19.4 Å². The van der Waals surface area contributed by atoms with E-state index in [9.17, 15) is 4.79 Å². The summed E-state index contributed by atoms with van der Waals surface area (Å²) in [6, 6.07) is 7.21. The standard InChI is InChI=1S/C13H17NO4/c1-13(2,8-15)14-12(16)11-7-17-9-5-3-4-6-10(9)18-11/h3-6,11,15H,7-8H2,1-2H3,(H,14,16). The van der Waals surface area contributed by atoms with Gasteiger partial charge in [-0.15, -0.1) is 0 Å². The number of benzene rings is 1. The molecule has 0 saturated carbocycles. The minimum absolute atomic E-state index is 0.136. The van der Waals surface area contributed by atoms with Crippen LogP contribution in [0.2, 0.25) is 0 Å². The second-order valence-corrected chi connectivity index (χ2v) is 4.90. The molecule has 2 N–H and O–H groups in total. The average molecular weight is 251 g/mol. The van der Waals surface area contributed by atoms with Crippen LogP contribution in [0.1, 0.15) is 13.8 Å². The number of hydrogen-bond donors (Lipinski definition) is 2. The van der Waals surface area contributed by atoms with Crippen LogP contribution in [0.15, 0.2) is 24.3 Å². The highest BCUT2D eigenvalue weighted by atomic mass is 16.6. The highest BCUT2D eigenvalue weighted by molar-refractivity contribution is 5.82. The fraction of sp³-hybridized carbons (Fsp3) is 0.462. The van der Waals surface area contributed by atoms with Crippen molar-refractivity contribution in [3.05, 3.63) is 24.3 Å².